The van der Waals surface area contributed by atoms with Crippen LogP contribution < -0.4 is 9.86 Å². The van der Waals surface area contributed by atoms with E-state index in [1.165, 1.54) is 0 Å². The van der Waals surface area contributed by atoms with Gasteiger partial charge in [-0.05, 0) is 18.8 Å². The van der Waals surface area contributed by atoms with Crippen LogP contribution in [0.5, 0.6) is 0 Å². The van der Waals surface area contributed by atoms with Crippen LogP contribution in [0.4, 0.5) is 0 Å². The molecule has 0 spiro atoms. The first-order valence-corrected chi connectivity index (χ1v) is 7.59. The maximum absolute atomic E-state index is 11.7. The lowest BCUT2D eigenvalue weighted by Gasteiger charge is -2.32. The standard InChI is InChI=1S/C10H19N3O5S/c11-19(17,18)12-6-8-2-1-5-13(7-8)9(14)3-4-10(15)16/h8,12H,1-7H2,(H,15,16)(H2,11,17,18). The second-order valence-corrected chi connectivity index (χ2v) is 6.01. The van der Waals surface area contributed by atoms with Gasteiger partial charge in [0.25, 0.3) is 10.2 Å². The van der Waals surface area contributed by atoms with Crippen LogP contribution in [-0.4, -0.2) is 49.9 Å². The number of nitrogens with two attached hydrogens (primary N) is 1. The van der Waals surface area contributed by atoms with Gasteiger partial charge in [-0.15, -0.1) is 0 Å². The van der Waals surface area contributed by atoms with Crippen molar-refractivity contribution in [3.63, 3.8) is 0 Å². The lowest BCUT2D eigenvalue weighted by Crippen LogP contribution is -2.44. The molecule has 1 atom stereocenters. The van der Waals surface area contributed by atoms with Crippen molar-refractivity contribution in [3.05, 3.63) is 0 Å². The minimum absolute atomic E-state index is 0.0147. The summed E-state index contributed by atoms with van der Waals surface area (Å²) in [6, 6.07) is 0. The van der Waals surface area contributed by atoms with E-state index in [4.69, 9.17) is 10.2 Å². The topological polar surface area (TPSA) is 130 Å². The Bertz CT molecular complexity index is 436. The summed E-state index contributed by atoms with van der Waals surface area (Å²) in [5.41, 5.74) is 0. The first-order chi connectivity index (χ1) is 8.78. The minimum atomic E-state index is -3.71. The molecule has 1 unspecified atom stereocenters. The highest BCUT2D eigenvalue weighted by Gasteiger charge is 2.24. The fourth-order valence-corrected chi connectivity index (χ4v) is 2.53. The van der Waals surface area contributed by atoms with Crippen LogP contribution in [-0.2, 0) is 19.8 Å². The van der Waals surface area contributed by atoms with Crippen LogP contribution in [0.2, 0.25) is 0 Å². The van der Waals surface area contributed by atoms with Crippen molar-refractivity contribution in [2.75, 3.05) is 19.6 Å². The van der Waals surface area contributed by atoms with E-state index in [1.807, 2.05) is 0 Å². The number of hydrogen-bond acceptors (Lipinski definition) is 4. The summed E-state index contributed by atoms with van der Waals surface area (Å²) in [6.45, 7) is 1.22. The van der Waals surface area contributed by atoms with Gasteiger partial charge in [0.1, 0.15) is 0 Å². The van der Waals surface area contributed by atoms with E-state index in [1.54, 1.807) is 4.90 Å². The number of hydrogen-bond donors (Lipinski definition) is 3. The molecule has 1 aliphatic rings. The highest BCUT2D eigenvalue weighted by Crippen LogP contribution is 2.17. The van der Waals surface area contributed by atoms with E-state index < -0.39 is 16.2 Å². The van der Waals surface area contributed by atoms with Gasteiger partial charge in [0, 0.05) is 26.1 Å². The van der Waals surface area contributed by atoms with Crippen LogP contribution in [0, 0.1) is 5.92 Å². The van der Waals surface area contributed by atoms with Crippen molar-refractivity contribution < 1.29 is 23.1 Å². The van der Waals surface area contributed by atoms with Gasteiger partial charge in [-0.3, -0.25) is 9.59 Å². The zero-order valence-electron chi connectivity index (χ0n) is 10.5. The molecule has 8 nitrogen and oxygen atoms in total. The second-order valence-electron chi connectivity index (χ2n) is 4.64. The Morgan fingerprint density at radius 3 is 2.63 bits per heavy atom. The molecule has 0 aromatic heterocycles. The van der Waals surface area contributed by atoms with Crippen molar-refractivity contribution in [1.82, 2.24) is 9.62 Å². The quantitative estimate of drug-likeness (QED) is 0.571. The van der Waals surface area contributed by atoms with E-state index in [9.17, 15) is 18.0 Å². The average Bonchev–Trinajstić information content (AvgIpc) is 2.33. The smallest absolute Gasteiger partial charge is 0.303 e. The highest BCUT2D eigenvalue weighted by atomic mass is 32.2. The molecule has 1 fully saturated rings. The summed E-state index contributed by atoms with van der Waals surface area (Å²) in [7, 11) is -3.71. The molecule has 0 aliphatic carbocycles. The second kappa shape index (κ2) is 6.83. The summed E-state index contributed by atoms with van der Waals surface area (Å²) < 4.78 is 23.8. The third kappa shape index (κ3) is 6.50. The van der Waals surface area contributed by atoms with Gasteiger partial charge in [-0.25, -0.2) is 9.86 Å². The van der Waals surface area contributed by atoms with Gasteiger partial charge >= 0.3 is 5.97 Å². The van der Waals surface area contributed by atoms with Crippen molar-refractivity contribution in [3.8, 4) is 0 Å². The predicted molar refractivity (Wildman–Crippen MR) is 67.3 cm³/mol. The van der Waals surface area contributed by atoms with E-state index in [-0.39, 0.29) is 31.2 Å². The summed E-state index contributed by atoms with van der Waals surface area (Å²) in [5, 5.41) is 13.4. The number of carbonyl (C=O) groups is 2. The first kappa shape index (κ1) is 15.9. The maximum atomic E-state index is 11.7. The Labute approximate surface area is 112 Å². The summed E-state index contributed by atoms with van der Waals surface area (Å²) >= 11 is 0. The molecule has 19 heavy (non-hydrogen) atoms. The van der Waals surface area contributed by atoms with E-state index >= 15 is 0 Å². The Morgan fingerprint density at radius 2 is 2.05 bits per heavy atom. The SMILES string of the molecule is NS(=O)(=O)NCC1CCCN(C(=O)CCC(=O)O)C1. The van der Waals surface area contributed by atoms with Crippen LogP contribution in [0.1, 0.15) is 25.7 Å². The van der Waals surface area contributed by atoms with Gasteiger partial charge in [0.2, 0.25) is 5.91 Å². The Balaban J connectivity index is 2.41. The molecule has 9 heteroatoms. The van der Waals surface area contributed by atoms with E-state index in [0.717, 1.165) is 12.8 Å². The molecule has 1 heterocycles. The van der Waals surface area contributed by atoms with Crippen molar-refractivity contribution >= 4 is 22.1 Å². The third-order valence-corrected chi connectivity index (χ3v) is 3.57. The first-order valence-electron chi connectivity index (χ1n) is 6.05. The van der Waals surface area contributed by atoms with Crippen molar-refractivity contribution in [2.24, 2.45) is 11.1 Å². The zero-order valence-corrected chi connectivity index (χ0v) is 11.4. The number of rotatable bonds is 6. The molecule has 0 aromatic carbocycles. The number of carboxylic acids is 1. The van der Waals surface area contributed by atoms with E-state index in [2.05, 4.69) is 4.72 Å². The van der Waals surface area contributed by atoms with Gasteiger partial charge in [0.05, 0.1) is 6.42 Å². The van der Waals surface area contributed by atoms with Gasteiger partial charge in [-0.1, -0.05) is 0 Å². The van der Waals surface area contributed by atoms with Gasteiger partial charge in [-0.2, -0.15) is 8.42 Å². The third-order valence-electron chi connectivity index (χ3n) is 3.00. The van der Waals surface area contributed by atoms with Gasteiger partial charge < -0.3 is 10.0 Å². The molecule has 1 aliphatic heterocycles. The average molecular weight is 293 g/mol. The molecular weight excluding hydrogens is 274 g/mol. The number of likely N-dealkylation sites (tertiary alicyclic amines) is 1. The molecule has 0 aromatic rings. The number of amides is 1. The van der Waals surface area contributed by atoms with Crippen molar-refractivity contribution in [2.45, 2.75) is 25.7 Å². The van der Waals surface area contributed by atoms with Crippen molar-refractivity contribution in [1.29, 1.82) is 0 Å². The lowest BCUT2D eigenvalue weighted by molar-refractivity contribution is -0.141. The number of carbonyl (C=O) groups excluding carboxylic acids is 1. The fraction of sp³-hybridized carbons (Fsp3) is 0.800. The molecule has 0 bridgehead atoms. The normalized spacial score (nSPS) is 20.3. The maximum Gasteiger partial charge on any atom is 0.303 e. The number of piperidine rings is 1. The molecule has 1 amide bonds. The molecule has 0 radical (unpaired) electrons. The summed E-state index contributed by atoms with van der Waals surface area (Å²) in [4.78, 5) is 23.7. The van der Waals surface area contributed by atoms with Crippen LogP contribution in [0.25, 0.3) is 0 Å². The van der Waals surface area contributed by atoms with Gasteiger partial charge in [0.15, 0.2) is 0 Å². The lowest BCUT2D eigenvalue weighted by atomic mass is 9.98. The monoisotopic (exact) mass is 293 g/mol. The Morgan fingerprint density at radius 1 is 1.37 bits per heavy atom. The Hall–Kier alpha value is -1.19. The Kier molecular flexibility index (Phi) is 5.70. The van der Waals surface area contributed by atoms with E-state index in [0.29, 0.717) is 13.1 Å². The number of carboxylic acid groups (broad SMARTS) is 1. The number of aliphatic carboxylic acids is 1. The fourth-order valence-electron chi connectivity index (χ4n) is 2.06. The van der Waals surface area contributed by atoms with Crippen LogP contribution in [0.3, 0.4) is 0 Å². The molecule has 0 saturated carbocycles. The summed E-state index contributed by atoms with van der Waals surface area (Å²) in [6.07, 6.45) is 1.38. The number of nitrogens with zero attached hydrogens (tertiary/aromatic N) is 1. The zero-order chi connectivity index (χ0) is 14.5. The predicted octanol–water partition coefficient (Wildman–Crippen LogP) is -1.12. The molecule has 1 saturated heterocycles. The molecule has 1 rings (SSSR count). The van der Waals surface area contributed by atoms with Crippen LogP contribution in [0.15, 0.2) is 0 Å². The van der Waals surface area contributed by atoms with Crippen LogP contribution >= 0.6 is 0 Å². The highest BCUT2D eigenvalue weighted by molar-refractivity contribution is 7.87. The molecule has 110 valence electrons. The number of nitrogens with one attached hydrogen (secondary N) is 1. The molecular formula is C10H19N3O5S. The minimum Gasteiger partial charge on any atom is -0.481 e. The largest absolute Gasteiger partial charge is 0.481 e. The summed E-state index contributed by atoms with van der Waals surface area (Å²) in [5.74, 6) is -1.19. The molecule has 4 N–H and O–H groups in total.